The van der Waals surface area contributed by atoms with Crippen LogP contribution in [-0.2, 0) is 0 Å². The molecule has 174 valence electrons. The molecule has 2 fully saturated rings. The van der Waals surface area contributed by atoms with Crippen LogP contribution in [0, 0.1) is 5.92 Å². The van der Waals surface area contributed by atoms with Crippen molar-refractivity contribution in [1.82, 2.24) is 15.1 Å². The van der Waals surface area contributed by atoms with Crippen molar-refractivity contribution in [3.8, 4) is 0 Å². The summed E-state index contributed by atoms with van der Waals surface area (Å²) in [6.07, 6.45) is 15.6. The number of likely N-dealkylation sites (tertiary alicyclic amines) is 2. The van der Waals surface area contributed by atoms with E-state index in [1.807, 2.05) is 24.1 Å². The van der Waals surface area contributed by atoms with Crippen molar-refractivity contribution < 1.29 is 5.11 Å². The summed E-state index contributed by atoms with van der Waals surface area (Å²) in [5, 5.41) is 13.9. The number of rotatable bonds is 3. The van der Waals surface area contributed by atoms with Crippen LogP contribution in [0.5, 0.6) is 0 Å². The molecule has 0 aromatic rings. The molecule has 0 spiro atoms. The van der Waals surface area contributed by atoms with E-state index in [-0.39, 0.29) is 11.4 Å². The number of piperidine rings is 2. The highest BCUT2D eigenvalue weighted by Gasteiger charge is 2.35. The number of thioether (sulfide) groups is 1. The second-order valence-corrected chi connectivity index (χ2v) is 10.7. The molecule has 0 aromatic carbocycles. The zero-order chi connectivity index (χ0) is 21.9. The average Bonchev–Trinajstić information content (AvgIpc) is 3.11. The largest absolute Gasteiger partial charge is 0.374 e. The SMILES string of the molecule is CC(O)NC1=NCC(C2=CC3SC(N4CCC(N5CCCCC5)CC4)=NC3N=CC2)C=C1. The van der Waals surface area contributed by atoms with Gasteiger partial charge in [0.1, 0.15) is 12.1 Å². The number of nitrogens with zero attached hydrogens (tertiary/aromatic N) is 5. The number of aliphatic hydroxyl groups is 1. The Morgan fingerprint density at radius 2 is 1.97 bits per heavy atom. The fraction of sp³-hybridized carbons (Fsp3) is 0.708. The summed E-state index contributed by atoms with van der Waals surface area (Å²) in [7, 11) is 0. The standard InChI is InChI=1S/C24H36N6OS/c1-17(31)27-22-6-5-19(16-26-22)18-7-10-25-23-21(15-18)32-24(28-23)30-13-8-20(9-14-30)29-11-3-2-4-12-29/h5-6,10,15,17,19-21,23,31H,2-4,7-9,11-14,16H2,1H3,(H,26,27). The first kappa shape index (κ1) is 22.2. The Balaban J connectivity index is 1.17. The second kappa shape index (κ2) is 10.1. The minimum absolute atomic E-state index is 0.0101. The number of hydrogen-bond acceptors (Lipinski definition) is 8. The summed E-state index contributed by atoms with van der Waals surface area (Å²) in [4.78, 5) is 19.6. The monoisotopic (exact) mass is 456 g/mol. The van der Waals surface area contributed by atoms with Gasteiger partial charge in [-0.05, 0) is 51.8 Å². The van der Waals surface area contributed by atoms with Gasteiger partial charge in [-0.1, -0.05) is 35.9 Å². The van der Waals surface area contributed by atoms with Gasteiger partial charge in [-0.2, -0.15) is 0 Å². The maximum atomic E-state index is 9.50. The highest BCUT2D eigenvalue weighted by atomic mass is 32.2. The van der Waals surface area contributed by atoms with Gasteiger partial charge in [0.05, 0.1) is 11.8 Å². The summed E-state index contributed by atoms with van der Waals surface area (Å²) in [6.45, 7) is 7.24. The Bertz CT molecular complexity index is 820. The van der Waals surface area contributed by atoms with Crippen LogP contribution < -0.4 is 5.32 Å². The van der Waals surface area contributed by atoms with E-state index in [4.69, 9.17) is 9.98 Å². The van der Waals surface area contributed by atoms with Crippen LogP contribution in [0.25, 0.3) is 0 Å². The Morgan fingerprint density at radius 1 is 1.16 bits per heavy atom. The lowest BCUT2D eigenvalue weighted by Gasteiger charge is -2.40. The van der Waals surface area contributed by atoms with Crippen molar-refractivity contribution in [2.75, 3.05) is 32.7 Å². The third kappa shape index (κ3) is 5.13. The molecule has 32 heavy (non-hydrogen) atoms. The molecule has 0 radical (unpaired) electrons. The zero-order valence-electron chi connectivity index (χ0n) is 19.1. The number of aliphatic hydroxyl groups excluding tert-OH is 1. The maximum Gasteiger partial charge on any atom is 0.162 e. The van der Waals surface area contributed by atoms with Gasteiger partial charge >= 0.3 is 0 Å². The fourth-order valence-electron chi connectivity index (χ4n) is 5.39. The Labute approximate surface area is 195 Å². The Hall–Kier alpha value is -1.64. The van der Waals surface area contributed by atoms with Crippen molar-refractivity contribution in [2.24, 2.45) is 20.9 Å². The van der Waals surface area contributed by atoms with E-state index in [2.05, 4.69) is 32.3 Å². The fourth-order valence-corrected chi connectivity index (χ4v) is 6.63. The van der Waals surface area contributed by atoms with Gasteiger partial charge in [0.2, 0.25) is 0 Å². The van der Waals surface area contributed by atoms with E-state index in [9.17, 15) is 5.11 Å². The van der Waals surface area contributed by atoms with E-state index in [0.717, 1.165) is 31.4 Å². The highest BCUT2D eigenvalue weighted by Crippen LogP contribution is 2.36. The molecular formula is C24H36N6OS. The first-order valence-electron chi connectivity index (χ1n) is 12.3. The zero-order valence-corrected chi connectivity index (χ0v) is 19.9. The van der Waals surface area contributed by atoms with E-state index in [1.54, 1.807) is 6.92 Å². The third-order valence-electron chi connectivity index (χ3n) is 7.16. The number of aliphatic imine (C=N–C) groups is 3. The van der Waals surface area contributed by atoms with E-state index in [1.165, 1.54) is 55.9 Å². The summed E-state index contributed by atoms with van der Waals surface area (Å²) < 4.78 is 0. The molecule has 4 atom stereocenters. The smallest absolute Gasteiger partial charge is 0.162 e. The molecule has 0 aliphatic carbocycles. The Morgan fingerprint density at radius 3 is 2.69 bits per heavy atom. The minimum Gasteiger partial charge on any atom is -0.374 e. The van der Waals surface area contributed by atoms with Crippen LogP contribution in [0.4, 0.5) is 0 Å². The molecule has 5 heterocycles. The van der Waals surface area contributed by atoms with Gasteiger partial charge in [0.25, 0.3) is 0 Å². The lowest BCUT2D eigenvalue weighted by Crippen LogP contribution is -2.47. The minimum atomic E-state index is -0.588. The van der Waals surface area contributed by atoms with Crippen LogP contribution in [0.1, 0.15) is 45.4 Å². The molecule has 2 saturated heterocycles. The molecule has 4 unspecified atom stereocenters. The summed E-state index contributed by atoms with van der Waals surface area (Å²) in [5.74, 6) is 1.05. The van der Waals surface area contributed by atoms with Gasteiger partial charge in [-0.25, -0.2) is 4.99 Å². The molecule has 5 aliphatic heterocycles. The quantitative estimate of drug-likeness (QED) is 0.504. The molecule has 2 N–H and O–H groups in total. The molecule has 0 aromatic heterocycles. The number of dihydropyridines is 1. The normalized spacial score (nSPS) is 32.6. The van der Waals surface area contributed by atoms with Gasteiger partial charge in [0, 0.05) is 37.7 Å². The third-order valence-corrected chi connectivity index (χ3v) is 8.39. The molecule has 5 aliphatic rings. The van der Waals surface area contributed by atoms with Crippen molar-refractivity contribution in [2.45, 2.75) is 69.1 Å². The van der Waals surface area contributed by atoms with Crippen molar-refractivity contribution >= 4 is 29.0 Å². The first-order chi connectivity index (χ1) is 15.7. The van der Waals surface area contributed by atoms with Gasteiger partial charge in [-0.3, -0.25) is 9.98 Å². The van der Waals surface area contributed by atoms with E-state index < -0.39 is 6.23 Å². The van der Waals surface area contributed by atoms with E-state index >= 15 is 0 Å². The number of amidine groups is 2. The number of nitrogens with one attached hydrogen (secondary N) is 1. The molecular weight excluding hydrogens is 420 g/mol. The van der Waals surface area contributed by atoms with Crippen LogP contribution in [0.3, 0.4) is 0 Å². The van der Waals surface area contributed by atoms with Crippen molar-refractivity contribution in [1.29, 1.82) is 0 Å². The highest BCUT2D eigenvalue weighted by molar-refractivity contribution is 8.14. The van der Waals surface area contributed by atoms with Crippen molar-refractivity contribution in [3.63, 3.8) is 0 Å². The van der Waals surface area contributed by atoms with Crippen LogP contribution in [0.2, 0.25) is 0 Å². The van der Waals surface area contributed by atoms with Crippen LogP contribution in [-0.4, -0.2) is 88.5 Å². The topological polar surface area (TPSA) is 75.8 Å². The predicted molar refractivity (Wildman–Crippen MR) is 134 cm³/mol. The van der Waals surface area contributed by atoms with Crippen molar-refractivity contribution in [3.05, 3.63) is 23.8 Å². The first-order valence-corrected chi connectivity index (χ1v) is 13.2. The molecule has 0 saturated carbocycles. The summed E-state index contributed by atoms with van der Waals surface area (Å²) in [5.41, 5.74) is 1.38. The Kier molecular flexibility index (Phi) is 6.99. The summed E-state index contributed by atoms with van der Waals surface area (Å²) in [6, 6.07) is 0.764. The number of hydrogen-bond donors (Lipinski definition) is 2. The van der Waals surface area contributed by atoms with Crippen LogP contribution in [0.15, 0.2) is 38.8 Å². The lowest BCUT2D eigenvalue weighted by atomic mass is 9.94. The van der Waals surface area contributed by atoms with Gasteiger partial charge in [-0.15, -0.1) is 0 Å². The molecule has 5 rings (SSSR count). The van der Waals surface area contributed by atoms with Gasteiger partial charge < -0.3 is 20.2 Å². The van der Waals surface area contributed by atoms with Gasteiger partial charge in [0.15, 0.2) is 11.3 Å². The molecule has 0 amide bonds. The lowest BCUT2D eigenvalue weighted by molar-refractivity contribution is 0.115. The predicted octanol–water partition coefficient (Wildman–Crippen LogP) is 2.65. The maximum absolute atomic E-state index is 9.50. The second-order valence-electron chi connectivity index (χ2n) is 9.51. The molecule has 8 heteroatoms. The average molecular weight is 457 g/mol. The van der Waals surface area contributed by atoms with E-state index in [0.29, 0.717) is 12.5 Å². The number of fused-ring (bicyclic) bond motifs is 1. The summed E-state index contributed by atoms with van der Waals surface area (Å²) >= 11 is 1.89. The molecule has 7 nitrogen and oxygen atoms in total. The molecule has 0 bridgehead atoms. The van der Waals surface area contributed by atoms with Crippen LogP contribution >= 0.6 is 11.8 Å².